The van der Waals surface area contributed by atoms with Gasteiger partial charge in [-0.3, -0.25) is 4.99 Å². The van der Waals surface area contributed by atoms with Crippen molar-refractivity contribution in [3.05, 3.63) is 64.7 Å². The summed E-state index contributed by atoms with van der Waals surface area (Å²) < 4.78 is 0. The normalized spacial score (nSPS) is 14.2. The van der Waals surface area contributed by atoms with E-state index in [4.69, 9.17) is 0 Å². The van der Waals surface area contributed by atoms with Crippen LogP contribution in [0.1, 0.15) is 16.0 Å². The van der Waals surface area contributed by atoms with E-state index in [2.05, 4.69) is 51.7 Å². The van der Waals surface area contributed by atoms with Gasteiger partial charge in [0.25, 0.3) is 0 Å². The molecule has 0 saturated heterocycles. The maximum absolute atomic E-state index is 4.62. The third-order valence-electron chi connectivity index (χ3n) is 3.66. The van der Waals surface area contributed by atoms with Crippen molar-refractivity contribution in [3.63, 3.8) is 0 Å². The van der Waals surface area contributed by atoms with Crippen LogP contribution < -0.4 is 5.32 Å². The zero-order valence-corrected chi connectivity index (χ0v) is 12.4. The standard InChI is InChI=1S/C17H15N3S/c1-2-5-12(6-3-1)11-14-15(16-18-9-10-19-16)13-7-4-8-20-17(13)21-14/h1-8H,9-11H2,(H,18,19). The molecule has 4 rings (SSSR count). The first-order valence-electron chi connectivity index (χ1n) is 7.11. The highest BCUT2D eigenvalue weighted by Gasteiger charge is 2.19. The van der Waals surface area contributed by atoms with Gasteiger partial charge in [0.2, 0.25) is 0 Å². The van der Waals surface area contributed by atoms with E-state index in [1.807, 2.05) is 12.3 Å². The first-order chi connectivity index (χ1) is 10.4. The molecule has 0 saturated carbocycles. The number of hydrogen-bond acceptors (Lipinski definition) is 4. The molecule has 0 amide bonds. The summed E-state index contributed by atoms with van der Waals surface area (Å²) in [6.07, 6.45) is 2.79. The van der Waals surface area contributed by atoms with Gasteiger partial charge in [-0.05, 0) is 17.7 Å². The molecule has 1 aliphatic heterocycles. The van der Waals surface area contributed by atoms with Crippen LogP contribution >= 0.6 is 11.3 Å². The first-order valence-corrected chi connectivity index (χ1v) is 7.92. The number of nitrogens with one attached hydrogen (secondary N) is 1. The number of rotatable bonds is 3. The Hall–Kier alpha value is -2.20. The molecular weight excluding hydrogens is 278 g/mol. The van der Waals surface area contributed by atoms with E-state index in [0.717, 1.165) is 30.2 Å². The molecule has 0 unspecified atom stereocenters. The lowest BCUT2D eigenvalue weighted by Gasteiger charge is -2.06. The zero-order valence-electron chi connectivity index (χ0n) is 11.5. The van der Waals surface area contributed by atoms with Crippen LogP contribution in [-0.2, 0) is 6.42 Å². The van der Waals surface area contributed by atoms with Gasteiger partial charge < -0.3 is 5.32 Å². The highest BCUT2D eigenvalue weighted by atomic mass is 32.1. The average Bonchev–Trinajstić information content (AvgIpc) is 3.14. The van der Waals surface area contributed by atoms with E-state index in [1.54, 1.807) is 11.3 Å². The fraction of sp³-hybridized carbons (Fsp3) is 0.176. The molecule has 0 radical (unpaired) electrons. The van der Waals surface area contributed by atoms with Gasteiger partial charge in [-0.2, -0.15) is 0 Å². The molecule has 0 atom stereocenters. The van der Waals surface area contributed by atoms with Crippen molar-refractivity contribution in [1.82, 2.24) is 10.3 Å². The van der Waals surface area contributed by atoms with Crippen LogP contribution in [-0.4, -0.2) is 23.9 Å². The fourth-order valence-corrected chi connectivity index (χ4v) is 3.89. The van der Waals surface area contributed by atoms with Gasteiger partial charge in [-0.25, -0.2) is 4.98 Å². The van der Waals surface area contributed by atoms with Gasteiger partial charge in [-0.1, -0.05) is 30.3 Å². The number of nitrogens with zero attached hydrogens (tertiary/aromatic N) is 2. The maximum atomic E-state index is 4.62. The molecule has 0 aliphatic carbocycles. The van der Waals surface area contributed by atoms with E-state index in [9.17, 15) is 0 Å². The molecule has 1 aromatic carbocycles. The van der Waals surface area contributed by atoms with Crippen LogP contribution in [0.5, 0.6) is 0 Å². The molecule has 104 valence electrons. The second-order valence-corrected chi connectivity index (χ2v) is 6.16. The Morgan fingerprint density at radius 2 is 2.00 bits per heavy atom. The molecule has 0 fully saturated rings. The lowest BCUT2D eigenvalue weighted by Crippen LogP contribution is -2.20. The predicted octanol–water partition coefficient (Wildman–Crippen LogP) is 3.24. The lowest BCUT2D eigenvalue weighted by molar-refractivity contribution is 0.960. The van der Waals surface area contributed by atoms with Crippen LogP contribution in [0.3, 0.4) is 0 Å². The van der Waals surface area contributed by atoms with Crippen molar-refractivity contribution in [2.24, 2.45) is 4.99 Å². The minimum absolute atomic E-state index is 0.859. The lowest BCUT2D eigenvalue weighted by atomic mass is 10.1. The number of aromatic nitrogens is 1. The Morgan fingerprint density at radius 1 is 1.10 bits per heavy atom. The number of fused-ring (bicyclic) bond motifs is 1. The number of aliphatic imine (C=N–C) groups is 1. The Kier molecular flexibility index (Phi) is 3.16. The molecule has 21 heavy (non-hydrogen) atoms. The first kappa shape index (κ1) is 12.5. The van der Waals surface area contributed by atoms with Crippen molar-refractivity contribution in [2.75, 3.05) is 13.1 Å². The summed E-state index contributed by atoms with van der Waals surface area (Å²) in [4.78, 5) is 11.6. The largest absolute Gasteiger partial charge is 0.368 e. The Balaban J connectivity index is 1.85. The van der Waals surface area contributed by atoms with Crippen molar-refractivity contribution >= 4 is 27.4 Å². The zero-order chi connectivity index (χ0) is 14.1. The molecule has 0 spiro atoms. The summed E-state index contributed by atoms with van der Waals surface area (Å²) in [5.74, 6) is 1.03. The topological polar surface area (TPSA) is 37.3 Å². The number of hydrogen-bond donors (Lipinski definition) is 1. The van der Waals surface area contributed by atoms with Crippen molar-refractivity contribution in [1.29, 1.82) is 0 Å². The third kappa shape index (κ3) is 2.32. The highest BCUT2D eigenvalue weighted by Crippen LogP contribution is 2.32. The molecule has 3 heterocycles. The Morgan fingerprint density at radius 3 is 2.81 bits per heavy atom. The van der Waals surface area contributed by atoms with Gasteiger partial charge in [0.15, 0.2) is 0 Å². The quantitative estimate of drug-likeness (QED) is 0.805. The highest BCUT2D eigenvalue weighted by molar-refractivity contribution is 7.19. The number of thiophene rings is 1. The monoisotopic (exact) mass is 293 g/mol. The van der Waals surface area contributed by atoms with E-state index >= 15 is 0 Å². The molecular formula is C17H15N3S. The Bertz CT molecular complexity index is 805. The summed E-state index contributed by atoms with van der Waals surface area (Å²) in [6.45, 7) is 1.79. The minimum Gasteiger partial charge on any atom is -0.368 e. The number of amidine groups is 1. The van der Waals surface area contributed by atoms with E-state index < -0.39 is 0 Å². The number of benzene rings is 1. The van der Waals surface area contributed by atoms with Gasteiger partial charge in [-0.15, -0.1) is 11.3 Å². The van der Waals surface area contributed by atoms with Crippen molar-refractivity contribution < 1.29 is 0 Å². The van der Waals surface area contributed by atoms with Gasteiger partial charge in [0.1, 0.15) is 10.7 Å². The summed E-state index contributed by atoms with van der Waals surface area (Å²) in [7, 11) is 0. The van der Waals surface area contributed by atoms with Gasteiger partial charge >= 0.3 is 0 Å². The second kappa shape index (κ2) is 5.30. The summed E-state index contributed by atoms with van der Waals surface area (Å²) >= 11 is 1.77. The van der Waals surface area contributed by atoms with Gasteiger partial charge in [0.05, 0.1) is 6.54 Å². The molecule has 0 bridgehead atoms. The van der Waals surface area contributed by atoms with Gasteiger partial charge in [0, 0.05) is 35.0 Å². The molecule has 3 nitrogen and oxygen atoms in total. The van der Waals surface area contributed by atoms with Crippen LogP contribution in [0.4, 0.5) is 0 Å². The molecule has 2 aromatic heterocycles. The molecule has 1 aliphatic rings. The summed E-state index contributed by atoms with van der Waals surface area (Å²) in [5.41, 5.74) is 2.56. The van der Waals surface area contributed by atoms with E-state index in [-0.39, 0.29) is 0 Å². The minimum atomic E-state index is 0.859. The Labute approximate surface area is 127 Å². The van der Waals surface area contributed by atoms with E-state index in [1.165, 1.54) is 21.4 Å². The fourth-order valence-electron chi connectivity index (χ4n) is 2.71. The molecule has 1 N–H and O–H groups in total. The van der Waals surface area contributed by atoms with Crippen LogP contribution in [0, 0.1) is 0 Å². The summed E-state index contributed by atoms with van der Waals surface area (Å²) in [6, 6.07) is 14.7. The SMILES string of the molecule is c1ccc(Cc2sc3ncccc3c2C2=NCCN2)cc1. The maximum Gasteiger partial charge on any atom is 0.130 e. The second-order valence-electron chi connectivity index (χ2n) is 5.08. The predicted molar refractivity (Wildman–Crippen MR) is 88.3 cm³/mol. The molecule has 3 aromatic rings. The van der Waals surface area contributed by atoms with E-state index in [0.29, 0.717) is 0 Å². The molecule has 4 heteroatoms. The smallest absolute Gasteiger partial charge is 0.130 e. The van der Waals surface area contributed by atoms with Crippen molar-refractivity contribution in [3.8, 4) is 0 Å². The summed E-state index contributed by atoms with van der Waals surface area (Å²) in [5, 5.41) is 4.62. The third-order valence-corrected chi connectivity index (χ3v) is 4.77. The van der Waals surface area contributed by atoms with Crippen LogP contribution in [0.25, 0.3) is 10.2 Å². The average molecular weight is 293 g/mol. The van der Waals surface area contributed by atoms with Crippen molar-refractivity contribution in [2.45, 2.75) is 6.42 Å². The number of pyridine rings is 1. The van der Waals surface area contributed by atoms with Crippen LogP contribution in [0.15, 0.2) is 53.7 Å². The van der Waals surface area contributed by atoms with Crippen LogP contribution in [0.2, 0.25) is 0 Å².